The first-order valence-electron chi connectivity index (χ1n) is 7.46. The van der Waals surface area contributed by atoms with Crippen molar-refractivity contribution in [3.8, 4) is 0 Å². The normalized spacial score (nSPS) is 11.0. The minimum atomic E-state index is -0.360. The number of unbranched alkanes of at least 4 members (excludes halogenated alkanes) is 2. The number of nitrogens with zero attached hydrogens (tertiary/aromatic N) is 3. The molecular formula is C15H21N3O3S. The van der Waals surface area contributed by atoms with Crippen molar-refractivity contribution in [2.24, 2.45) is 0 Å². The number of aliphatic hydroxyl groups excluding tert-OH is 1. The summed E-state index contributed by atoms with van der Waals surface area (Å²) in [5, 5.41) is 9.14. The Balaban J connectivity index is 2.29. The van der Waals surface area contributed by atoms with E-state index < -0.39 is 0 Å². The SMILES string of the molecule is CCCCCN(CCO)C(=O)c1cnc2sc(C)cn2c1=O. The van der Waals surface area contributed by atoms with E-state index in [9.17, 15) is 9.59 Å². The number of hydrogen-bond acceptors (Lipinski definition) is 5. The van der Waals surface area contributed by atoms with E-state index in [0.717, 1.165) is 24.1 Å². The van der Waals surface area contributed by atoms with Crippen molar-refractivity contribution in [1.29, 1.82) is 0 Å². The van der Waals surface area contributed by atoms with Gasteiger partial charge in [0.25, 0.3) is 11.5 Å². The lowest BCUT2D eigenvalue weighted by Crippen LogP contribution is -2.38. The van der Waals surface area contributed by atoms with Crippen LogP contribution in [0.15, 0.2) is 17.2 Å². The largest absolute Gasteiger partial charge is 0.395 e. The average molecular weight is 323 g/mol. The molecule has 0 spiro atoms. The van der Waals surface area contributed by atoms with Gasteiger partial charge >= 0.3 is 0 Å². The monoisotopic (exact) mass is 323 g/mol. The maximum absolute atomic E-state index is 12.6. The van der Waals surface area contributed by atoms with Crippen molar-refractivity contribution in [3.63, 3.8) is 0 Å². The van der Waals surface area contributed by atoms with Crippen LogP contribution in [0.4, 0.5) is 0 Å². The lowest BCUT2D eigenvalue weighted by Gasteiger charge is -2.21. The van der Waals surface area contributed by atoms with Gasteiger partial charge in [0.05, 0.1) is 6.61 Å². The minimum absolute atomic E-state index is 0.0558. The summed E-state index contributed by atoms with van der Waals surface area (Å²) in [5.41, 5.74) is -0.293. The molecule has 0 aliphatic heterocycles. The van der Waals surface area contributed by atoms with Crippen molar-refractivity contribution < 1.29 is 9.90 Å². The van der Waals surface area contributed by atoms with Crippen LogP contribution in [-0.2, 0) is 0 Å². The van der Waals surface area contributed by atoms with Crippen LogP contribution in [-0.4, -0.2) is 45.0 Å². The third-order valence-electron chi connectivity index (χ3n) is 3.44. The van der Waals surface area contributed by atoms with Crippen molar-refractivity contribution >= 4 is 22.2 Å². The predicted molar refractivity (Wildman–Crippen MR) is 86.6 cm³/mol. The van der Waals surface area contributed by atoms with Gasteiger partial charge in [0, 0.05) is 30.4 Å². The summed E-state index contributed by atoms with van der Waals surface area (Å²) in [7, 11) is 0. The molecule has 0 saturated carbocycles. The van der Waals surface area contributed by atoms with Gasteiger partial charge in [-0.15, -0.1) is 11.3 Å². The van der Waals surface area contributed by atoms with Crippen LogP contribution in [0, 0.1) is 6.92 Å². The van der Waals surface area contributed by atoms with Crippen LogP contribution in [0.25, 0.3) is 4.96 Å². The first kappa shape index (κ1) is 16.6. The molecule has 0 fully saturated rings. The summed E-state index contributed by atoms with van der Waals surface area (Å²) in [6.45, 7) is 4.63. The van der Waals surface area contributed by atoms with Crippen LogP contribution in [0.2, 0.25) is 0 Å². The fourth-order valence-corrected chi connectivity index (χ4v) is 3.09. The number of thiazole rings is 1. The Morgan fingerprint density at radius 2 is 2.18 bits per heavy atom. The van der Waals surface area contributed by atoms with Gasteiger partial charge in [-0.05, 0) is 13.3 Å². The highest BCUT2D eigenvalue weighted by molar-refractivity contribution is 7.16. The highest BCUT2D eigenvalue weighted by Crippen LogP contribution is 2.13. The smallest absolute Gasteiger partial charge is 0.271 e. The topological polar surface area (TPSA) is 74.9 Å². The van der Waals surface area contributed by atoms with E-state index in [4.69, 9.17) is 5.11 Å². The standard InChI is InChI=1S/C15H21N3O3S/c1-3-4-5-6-17(7-8-19)13(20)12-9-16-15-18(14(12)21)10-11(2)22-15/h9-10,19H,3-8H2,1-2H3. The quantitative estimate of drug-likeness (QED) is 0.787. The molecule has 0 aromatic carbocycles. The van der Waals surface area contributed by atoms with Crippen LogP contribution >= 0.6 is 11.3 Å². The van der Waals surface area contributed by atoms with Gasteiger partial charge in [-0.3, -0.25) is 14.0 Å². The number of carbonyl (C=O) groups is 1. The zero-order valence-corrected chi connectivity index (χ0v) is 13.7. The Bertz CT molecular complexity index is 708. The van der Waals surface area contributed by atoms with Gasteiger partial charge in [0.2, 0.25) is 0 Å². The summed E-state index contributed by atoms with van der Waals surface area (Å²) < 4.78 is 1.41. The molecule has 2 heterocycles. The molecule has 0 unspecified atom stereocenters. The molecule has 0 atom stereocenters. The molecule has 1 amide bonds. The third kappa shape index (κ3) is 3.53. The lowest BCUT2D eigenvalue weighted by atomic mass is 10.2. The Labute approximate surface area is 133 Å². The molecule has 0 radical (unpaired) electrons. The second kappa shape index (κ2) is 7.51. The highest BCUT2D eigenvalue weighted by atomic mass is 32.1. The Morgan fingerprint density at radius 1 is 1.41 bits per heavy atom. The van der Waals surface area contributed by atoms with E-state index in [0.29, 0.717) is 11.5 Å². The van der Waals surface area contributed by atoms with Gasteiger partial charge in [0.15, 0.2) is 4.96 Å². The van der Waals surface area contributed by atoms with Crippen molar-refractivity contribution in [1.82, 2.24) is 14.3 Å². The second-order valence-corrected chi connectivity index (χ2v) is 6.41. The molecule has 1 N–H and O–H groups in total. The Morgan fingerprint density at radius 3 is 2.86 bits per heavy atom. The molecule has 0 saturated heterocycles. The number of amides is 1. The summed E-state index contributed by atoms with van der Waals surface area (Å²) in [6, 6.07) is 0. The molecule has 0 aliphatic carbocycles. The number of rotatable bonds is 7. The maximum Gasteiger partial charge on any atom is 0.271 e. The fourth-order valence-electron chi connectivity index (χ4n) is 2.30. The van der Waals surface area contributed by atoms with Crippen LogP contribution in [0.5, 0.6) is 0 Å². The molecule has 2 rings (SSSR count). The van der Waals surface area contributed by atoms with E-state index >= 15 is 0 Å². The van der Waals surface area contributed by atoms with Gasteiger partial charge in [0.1, 0.15) is 5.56 Å². The zero-order chi connectivity index (χ0) is 16.1. The molecular weight excluding hydrogens is 302 g/mol. The number of fused-ring (bicyclic) bond motifs is 1. The fraction of sp³-hybridized carbons (Fsp3) is 0.533. The van der Waals surface area contributed by atoms with Gasteiger partial charge in [-0.1, -0.05) is 19.8 Å². The minimum Gasteiger partial charge on any atom is -0.395 e. The Hall–Kier alpha value is -1.73. The summed E-state index contributed by atoms with van der Waals surface area (Å²) in [5.74, 6) is -0.360. The van der Waals surface area contributed by atoms with Crippen molar-refractivity contribution in [2.75, 3.05) is 19.7 Å². The van der Waals surface area contributed by atoms with E-state index in [2.05, 4.69) is 11.9 Å². The summed E-state index contributed by atoms with van der Waals surface area (Å²) >= 11 is 1.41. The number of hydrogen-bond donors (Lipinski definition) is 1. The molecule has 22 heavy (non-hydrogen) atoms. The molecule has 120 valence electrons. The van der Waals surface area contributed by atoms with Crippen molar-refractivity contribution in [2.45, 2.75) is 33.1 Å². The molecule has 6 nitrogen and oxygen atoms in total. The lowest BCUT2D eigenvalue weighted by molar-refractivity contribution is 0.0716. The van der Waals surface area contributed by atoms with Gasteiger partial charge < -0.3 is 10.0 Å². The summed E-state index contributed by atoms with van der Waals surface area (Å²) in [4.78, 5) is 32.3. The predicted octanol–water partition coefficient (Wildman–Crippen LogP) is 1.69. The zero-order valence-electron chi connectivity index (χ0n) is 12.9. The first-order valence-corrected chi connectivity index (χ1v) is 8.28. The van der Waals surface area contributed by atoms with Crippen molar-refractivity contribution in [3.05, 3.63) is 33.2 Å². The molecule has 2 aromatic rings. The highest BCUT2D eigenvalue weighted by Gasteiger charge is 2.20. The van der Waals surface area contributed by atoms with E-state index in [-0.39, 0.29) is 30.2 Å². The number of aromatic nitrogens is 2. The number of aliphatic hydroxyl groups is 1. The molecule has 7 heteroatoms. The molecule has 0 aliphatic rings. The molecule has 2 aromatic heterocycles. The first-order chi connectivity index (χ1) is 10.6. The maximum atomic E-state index is 12.6. The van der Waals surface area contributed by atoms with Gasteiger partial charge in [-0.25, -0.2) is 4.98 Å². The van der Waals surface area contributed by atoms with E-state index in [1.807, 2.05) is 6.92 Å². The third-order valence-corrected chi connectivity index (χ3v) is 4.35. The Kier molecular flexibility index (Phi) is 5.68. The summed E-state index contributed by atoms with van der Waals surface area (Å²) in [6.07, 6.45) is 5.96. The van der Waals surface area contributed by atoms with Crippen LogP contribution in [0.3, 0.4) is 0 Å². The van der Waals surface area contributed by atoms with E-state index in [1.165, 1.54) is 26.8 Å². The number of carbonyl (C=O) groups excluding carboxylic acids is 1. The van der Waals surface area contributed by atoms with E-state index in [1.54, 1.807) is 6.20 Å². The number of aryl methyl sites for hydroxylation is 1. The van der Waals surface area contributed by atoms with Gasteiger partial charge in [-0.2, -0.15) is 0 Å². The van der Waals surface area contributed by atoms with Crippen LogP contribution < -0.4 is 5.56 Å². The second-order valence-electron chi connectivity index (χ2n) is 5.19. The average Bonchev–Trinajstić information content (AvgIpc) is 2.88. The molecule has 0 bridgehead atoms. The van der Waals surface area contributed by atoms with Crippen LogP contribution in [0.1, 0.15) is 41.4 Å².